The zero-order valence-corrected chi connectivity index (χ0v) is 21.6. The Balaban J connectivity index is 1.19. The first kappa shape index (κ1) is 24.5. The van der Waals surface area contributed by atoms with E-state index in [2.05, 4.69) is 49.2 Å². The number of aromatic nitrogens is 6. The van der Waals surface area contributed by atoms with E-state index in [0.29, 0.717) is 23.2 Å². The predicted octanol–water partition coefficient (Wildman–Crippen LogP) is 4.88. The average Bonchev–Trinajstić information content (AvgIpc) is 3.43. The van der Waals surface area contributed by atoms with Gasteiger partial charge in [0.2, 0.25) is 11.8 Å². The molecule has 0 saturated carbocycles. The Bertz CT molecular complexity index is 1680. The van der Waals surface area contributed by atoms with E-state index in [1.54, 1.807) is 29.4 Å². The lowest BCUT2D eigenvalue weighted by molar-refractivity contribution is -0.127. The van der Waals surface area contributed by atoms with Crippen molar-refractivity contribution in [2.45, 2.75) is 26.2 Å². The van der Waals surface area contributed by atoms with Crippen LogP contribution in [-0.2, 0) is 11.2 Å². The maximum absolute atomic E-state index is 12.1. The molecule has 1 saturated heterocycles. The monoisotopic (exact) mass is 520 g/mol. The van der Waals surface area contributed by atoms with Crippen LogP contribution in [0.4, 0.5) is 11.5 Å². The molecule has 0 spiro atoms. The largest absolute Gasteiger partial charge is 0.439 e. The first-order valence-corrected chi connectivity index (χ1v) is 12.9. The van der Waals surface area contributed by atoms with Crippen LogP contribution < -0.4 is 10.1 Å². The zero-order chi connectivity index (χ0) is 26.8. The van der Waals surface area contributed by atoms with Crippen LogP contribution in [0.2, 0.25) is 0 Å². The van der Waals surface area contributed by atoms with E-state index in [9.17, 15) is 4.79 Å². The third-order valence-corrected chi connectivity index (χ3v) is 7.04. The van der Waals surface area contributed by atoms with E-state index in [4.69, 9.17) is 4.74 Å². The Kier molecular flexibility index (Phi) is 6.58. The first-order valence-electron chi connectivity index (χ1n) is 12.9. The van der Waals surface area contributed by atoms with Gasteiger partial charge in [0.05, 0.1) is 5.52 Å². The Labute approximate surface area is 225 Å². The third-order valence-electron chi connectivity index (χ3n) is 7.04. The summed E-state index contributed by atoms with van der Waals surface area (Å²) in [5.74, 6) is 2.31. The van der Waals surface area contributed by atoms with E-state index < -0.39 is 0 Å². The molecular weight excluding hydrogens is 492 g/mol. The van der Waals surface area contributed by atoms with E-state index in [-0.39, 0.29) is 5.91 Å². The molecule has 4 heterocycles. The molecule has 1 aliphatic heterocycles. The van der Waals surface area contributed by atoms with Gasteiger partial charge in [0.15, 0.2) is 5.65 Å². The lowest BCUT2D eigenvalue weighted by atomic mass is 9.91. The molecule has 1 atom stereocenters. The maximum Gasteiger partial charge on any atom is 0.245 e. The standard InChI is InChI=1S/C29H28N8O2/c1-3-28(38)36-10-4-5-21(15-36)12-20-6-8-24-23(13-20)29(31-16-30-24)34-22-7-9-25(19(2)11-22)39-27-14-26-35-33-18-37(26)17-32-27/h3,6-9,11,13-14,16-18,21H,1,4-5,10,12,15H2,2H3,(H,30,31,34). The molecule has 2 aromatic carbocycles. The minimum Gasteiger partial charge on any atom is -0.439 e. The van der Waals surface area contributed by atoms with Crippen LogP contribution in [-0.4, -0.2) is 53.4 Å². The van der Waals surface area contributed by atoms with Gasteiger partial charge in [-0.1, -0.05) is 12.6 Å². The minimum atomic E-state index is 0.0115. The molecular formula is C29H28N8O2. The van der Waals surface area contributed by atoms with Gasteiger partial charge in [-0.25, -0.2) is 15.0 Å². The van der Waals surface area contributed by atoms with Crippen molar-refractivity contribution in [3.63, 3.8) is 0 Å². The second-order valence-corrected chi connectivity index (χ2v) is 9.81. The Morgan fingerprint density at radius 3 is 2.95 bits per heavy atom. The summed E-state index contributed by atoms with van der Waals surface area (Å²) in [5, 5.41) is 12.3. The molecule has 10 nitrogen and oxygen atoms in total. The van der Waals surface area contributed by atoms with Gasteiger partial charge in [0, 0.05) is 30.2 Å². The summed E-state index contributed by atoms with van der Waals surface area (Å²) in [5.41, 5.74) is 4.57. The van der Waals surface area contributed by atoms with E-state index in [1.165, 1.54) is 11.6 Å². The molecule has 39 heavy (non-hydrogen) atoms. The molecule has 10 heteroatoms. The highest BCUT2D eigenvalue weighted by molar-refractivity contribution is 5.91. The van der Waals surface area contributed by atoms with Gasteiger partial charge in [-0.05, 0) is 79.6 Å². The minimum absolute atomic E-state index is 0.0115. The van der Waals surface area contributed by atoms with E-state index in [0.717, 1.165) is 60.3 Å². The number of fused-ring (bicyclic) bond motifs is 2. The summed E-state index contributed by atoms with van der Waals surface area (Å²) >= 11 is 0. The fraction of sp³-hybridized carbons (Fsp3) is 0.241. The van der Waals surface area contributed by atoms with Crippen LogP contribution in [0.1, 0.15) is 24.0 Å². The van der Waals surface area contributed by atoms with Crippen molar-refractivity contribution in [1.29, 1.82) is 0 Å². The van der Waals surface area contributed by atoms with Gasteiger partial charge >= 0.3 is 0 Å². The number of carbonyl (C=O) groups excluding carboxylic acids is 1. The van der Waals surface area contributed by atoms with Crippen molar-refractivity contribution in [2.75, 3.05) is 18.4 Å². The van der Waals surface area contributed by atoms with Crippen LogP contribution in [0.25, 0.3) is 16.6 Å². The highest BCUT2D eigenvalue weighted by Gasteiger charge is 2.22. The number of ether oxygens (including phenoxy) is 1. The zero-order valence-electron chi connectivity index (χ0n) is 21.6. The number of nitrogens with one attached hydrogen (secondary N) is 1. The van der Waals surface area contributed by atoms with E-state index >= 15 is 0 Å². The number of benzene rings is 2. The number of piperidine rings is 1. The normalized spacial score (nSPS) is 15.4. The number of nitrogens with zero attached hydrogens (tertiary/aromatic N) is 7. The topological polar surface area (TPSA) is 110 Å². The summed E-state index contributed by atoms with van der Waals surface area (Å²) in [6, 6.07) is 13.9. The molecule has 3 aromatic heterocycles. The van der Waals surface area contributed by atoms with Crippen molar-refractivity contribution < 1.29 is 9.53 Å². The molecule has 196 valence electrons. The number of aryl methyl sites for hydroxylation is 1. The molecule has 5 aromatic rings. The Morgan fingerprint density at radius 2 is 2.08 bits per heavy atom. The van der Waals surface area contributed by atoms with Crippen molar-refractivity contribution >= 4 is 34.0 Å². The van der Waals surface area contributed by atoms with Gasteiger partial charge in [0.1, 0.15) is 30.5 Å². The van der Waals surface area contributed by atoms with Gasteiger partial charge in [-0.15, -0.1) is 10.2 Å². The van der Waals surface area contributed by atoms with Gasteiger partial charge in [0.25, 0.3) is 0 Å². The average molecular weight is 521 g/mol. The van der Waals surface area contributed by atoms with Gasteiger partial charge in [-0.2, -0.15) is 0 Å². The second-order valence-electron chi connectivity index (χ2n) is 9.81. The lowest BCUT2D eigenvalue weighted by Gasteiger charge is -2.32. The second kappa shape index (κ2) is 10.5. The van der Waals surface area contributed by atoms with Gasteiger partial charge < -0.3 is 15.0 Å². The summed E-state index contributed by atoms with van der Waals surface area (Å²) in [4.78, 5) is 27.3. The third kappa shape index (κ3) is 5.26. The summed E-state index contributed by atoms with van der Waals surface area (Å²) in [6.07, 6.45) is 9.20. The fourth-order valence-corrected chi connectivity index (χ4v) is 5.08. The number of carbonyl (C=O) groups is 1. The molecule has 1 fully saturated rings. The van der Waals surface area contributed by atoms with Crippen LogP contribution in [0.5, 0.6) is 11.6 Å². The van der Waals surface area contributed by atoms with Crippen molar-refractivity contribution in [2.24, 2.45) is 5.92 Å². The quantitative estimate of drug-likeness (QED) is 0.302. The Morgan fingerprint density at radius 1 is 1.15 bits per heavy atom. The van der Waals surface area contributed by atoms with Crippen LogP contribution in [0.3, 0.4) is 0 Å². The van der Waals surface area contributed by atoms with Gasteiger partial charge in [-0.3, -0.25) is 9.20 Å². The predicted molar refractivity (Wildman–Crippen MR) is 148 cm³/mol. The molecule has 1 amide bonds. The molecule has 1 unspecified atom stereocenters. The first-order chi connectivity index (χ1) is 19.1. The highest BCUT2D eigenvalue weighted by Crippen LogP contribution is 2.30. The number of rotatable bonds is 7. The summed E-state index contributed by atoms with van der Waals surface area (Å²) in [7, 11) is 0. The molecule has 0 aliphatic carbocycles. The number of likely N-dealkylation sites (tertiary alicyclic amines) is 1. The van der Waals surface area contributed by atoms with Crippen molar-refractivity contribution in [1.82, 2.24) is 34.4 Å². The maximum atomic E-state index is 12.1. The Hall–Kier alpha value is -4.86. The SMILES string of the molecule is C=CC(=O)N1CCCC(Cc2ccc3ncnc(Nc4ccc(Oc5cc6nncn6cn5)c(C)c4)c3c2)C1. The number of hydrogen-bond acceptors (Lipinski definition) is 8. The number of anilines is 2. The lowest BCUT2D eigenvalue weighted by Crippen LogP contribution is -2.39. The van der Waals surface area contributed by atoms with Crippen LogP contribution in [0, 0.1) is 12.8 Å². The molecule has 0 bridgehead atoms. The molecule has 1 aliphatic rings. The molecule has 0 radical (unpaired) electrons. The van der Waals surface area contributed by atoms with Crippen LogP contribution in [0.15, 0.2) is 74.1 Å². The summed E-state index contributed by atoms with van der Waals surface area (Å²) in [6.45, 7) is 7.18. The van der Waals surface area contributed by atoms with Crippen molar-refractivity contribution in [3.05, 3.63) is 85.2 Å². The molecule has 1 N–H and O–H groups in total. The fourth-order valence-electron chi connectivity index (χ4n) is 5.08. The van der Waals surface area contributed by atoms with E-state index in [1.807, 2.05) is 36.1 Å². The van der Waals surface area contributed by atoms with Crippen molar-refractivity contribution in [3.8, 4) is 11.6 Å². The number of hydrogen-bond donors (Lipinski definition) is 1. The molecule has 6 rings (SSSR count). The van der Waals surface area contributed by atoms with Crippen LogP contribution >= 0.6 is 0 Å². The highest BCUT2D eigenvalue weighted by atomic mass is 16.5. The summed E-state index contributed by atoms with van der Waals surface area (Å²) < 4.78 is 7.72. The smallest absolute Gasteiger partial charge is 0.245 e. The number of amides is 1.